The molecule has 0 amide bonds. The van der Waals surface area contributed by atoms with Crippen molar-refractivity contribution in [1.29, 1.82) is 0 Å². The molecular formula is C18H17N. The molecule has 0 unspecified atom stereocenters. The Morgan fingerprint density at radius 2 is 1.95 bits per heavy atom. The Kier molecular flexibility index (Phi) is 2.96. The molecule has 0 spiro atoms. The molecule has 3 rings (SSSR count). The summed E-state index contributed by atoms with van der Waals surface area (Å²) >= 11 is 0. The third-order valence-electron chi connectivity index (χ3n) is 3.50. The lowest BCUT2D eigenvalue weighted by Gasteiger charge is -2.02. The second kappa shape index (κ2) is 4.77. The Bertz CT molecular complexity index is 858. The summed E-state index contributed by atoms with van der Waals surface area (Å²) in [5, 5.41) is 4.92. The minimum Gasteiger partial charge on any atom is -0.398 e. The van der Waals surface area contributed by atoms with Gasteiger partial charge in [0.25, 0.3) is 0 Å². The van der Waals surface area contributed by atoms with Crippen LogP contribution < -0.4 is 16.2 Å². The summed E-state index contributed by atoms with van der Waals surface area (Å²) < 4.78 is 0. The average Bonchev–Trinajstić information content (AvgIpc) is 2.61. The number of nitrogen functional groups attached to an aromatic ring is 1. The van der Waals surface area contributed by atoms with E-state index in [9.17, 15) is 0 Å². The van der Waals surface area contributed by atoms with Crippen LogP contribution in [0, 0.1) is 10.4 Å². The van der Waals surface area contributed by atoms with Crippen LogP contribution in [-0.4, -0.2) is 0 Å². The maximum Gasteiger partial charge on any atom is 0.0391 e. The summed E-state index contributed by atoms with van der Waals surface area (Å²) in [4.78, 5) is 0. The zero-order valence-electron chi connectivity index (χ0n) is 11.1. The molecule has 0 bridgehead atoms. The number of hydrogen-bond donors (Lipinski definition) is 1. The van der Waals surface area contributed by atoms with Crippen molar-refractivity contribution in [3.05, 3.63) is 68.9 Å². The molecule has 19 heavy (non-hydrogen) atoms. The van der Waals surface area contributed by atoms with Crippen LogP contribution in [0.5, 0.6) is 0 Å². The normalized spacial score (nSPS) is 13.4. The first-order valence-corrected chi connectivity index (χ1v) is 6.67. The monoisotopic (exact) mass is 247 g/mol. The molecule has 94 valence electrons. The third kappa shape index (κ3) is 1.97. The van der Waals surface area contributed by atoms with Gasteiger partial charge in [-0.25, -0.2) is 0 Å². The number of fused-ring (bicyclic) bond motifs is 2. The van der Waals surface area contributed by atoms with E-state index in [2.05, 4.69) is 61.6 Å². The minimum absolute atomic E-state index is 0.853. The predicted octanol–water partition coefficient (Wildman–Crippen LogP) is 2.55. The zero-order chi connectivity index (χ0) is 13.2. The van der Waals surface area contributed by atoms with E-state index < -0.39 is 0 Å². The van der Waals surface area contributed by atoms with E-state index >= 15 is 0 Å². The van der Waals surface area contributed by atoms with Crippen molar-refractivity contribution >= 4 is 23.9 Å². The molecule has 0 saturated heterocycles. The maximum absolute atomic E-state index is 6.17. The Morgan fingerprint density at radius 3 is 2.79 bits per heavy atom. The first-order chi connectivity index (χ1) is 9.31. The fraction of sp³-hybridized carbons (Fsp3) is 0.111. The molecule has 1 nitrogen and oxygen atoms in total. The van der Waals surface area contributed by atoms with Crippen LogP contribution in [0.4, 0.5) is 5.69 Å². The van der Waals surface area contributed by atoms with Crippen molar-refractivity contribution < 1.29 is 0 Å². The Balaban J connectivity index is 2.73. The van der Waals surface area contributed by atoms with Crippen LogP contribution >= 0.6 is 0 Å². The first kappa shape index (κ1) is 11.8. The van der Waals surface area contributed by atoms with Gasteiger partial charge in [-0.2, -0.15) is 0 Å². The van der Waals surface area contributed by atoms with Crippen molar-refractivity contribution in [2.45, 2.75) is 13.3 Å². The molecule has 0 aliphatic heterocycles. The van der Waals surface area contributed by atoms with E-state index in [0.717, 1.165) is 17.3 Å². The van der Waals surface area contributed by atoms with Crippen molar-refractivity contribution in [3.8, 4) is 0 Å². The van der Waals surface area contributed by atoms with E-state index in [0.29, 0.717) is 0 Å². The lowest BCUT2D eigenvalue weighted by atomic mass is 10.0. The van der Waals surface area contributed by atoms with Crippen molar-refractivity contribution in [2.75, 3.05) is 5.73 Å². The molecule has 1 aliphatic rings. The van der Waals surface area contributed by atoms with Gasteiger partial charge >= 0.3 is 0 Å². The van der Waals surface area contributed by atoms with Gasteiger partial charge in [-0.05, 0) is 33.7 Å². The first-order valence-electron chi connectivity index (χ1n) is 6.67. The van der Waals surface area contributed by atoms with Gasteiger partial charge in [0.2, 0.25) is 0 Å². The van der Waals surface area contributed by atoms with Crippen molar-refractivity contribution in [3.63, 3.8) is 0 Å². The van der Waals surface area contributed by atoms with Gasteiger partial charge < -0.3 is 5.73 Å². The van der Waals surface area contributed by atoms with Crippen LogP contribution in [0.25, 0.3) is 18.2 Å². The molecule has 2 aromatic rings. The Labute approximate surface area is 112 Å². The lowest BCUT2D eigenvalue weighted by Crippen LogP contribution is -2.14. The largest absolute Gasteiger partial charge is 0.398 e. The highest BCUT2D eigenvalue weighted by Crippen LogP contribution is 2.09. The van der Waals surface area contributed by atoms with Gasteiger partial charge in [0, 0.05) is 10.9 Å². The molecule has 0 radical (unpaired) electrons. The van der Waals surface area contributed by atoms with Crippen LogP contribution in [0.15, 0.2) is 42.5 Å². The molecule has 0 heterocycles. The molecule has 0 aromatic heterocycles. The SMILES string of the molecule is CCC=c1c(N)ccc2c1=c1ccccc1=CC=C2. The number of hydrogen-bond acceptors (Lipinski definition) is 1. The fourth-order valence-corrected chi connectivity index (χ4v) is 2.64. The predicted molar refractivity (Wildman–Crippen MR) is 82.5 cm³/mol. The molecular weight excluding hydrogens is 230 g/mol. The van der Waals surface area contributed by atoms with Crippen LogP contribution in [0.2, 0.25) is 0 Å². The van der Waals surface area contributed by atoms with Gasteiger partial charge in [0.15, 0.2) is 0 Å². The molecule has 0 atom stereocenters. The second-order valence-electron chi connectivity index (χ2n) is 4.76. The lowest BCUT2D eigenvalue weighted by molar-refractivity contribution is 1.27. The number of benzene rings is 2. The van der Waals surface area contributed by atoms with Crippen molar-refractivity contribution in [2.24, 2.45) is 0 Å². The Morgan fingerprint density at radius 1 is 1.11 bits per heavy atom. The van der Waals surface area contributed by atoms with Gasteiger partial charge in [-0.15, -0.1) is 0 Å². The molecule has 0 saturated carbocycles. The number of rotatable bonds is 1. The van der Waals surface area contributed by atoms with Crippen LogP contribution in [0.1, 0.15) is 18.9 Å². The number of anilines is 1. The second-order valence-corrected chi connectivity index (χ2v) is 4.76. The maximum atomic E-state index is 6.17. The topological polar surface area (TPSA) is 26.0 Å². The summed E-state index contributed by atoms with van der Waals surface area (Å²) in [6.45, 7) is 2.14. The average molecular weight is 247 g/mol. The number of nitrogens with two attached hydrogens (primary N) is 1. The molecule has 1 heteroatoms. The quantitative estimate of drug-likeness (QED) is 0.770. The van der Waals surface area contributed by atoms with E-state index in [1.54, 1.807) is 0 Å². The third-order valence-corrected chi connectivity index (χ3v) is 3.50. The van der Waals surface area contributed by atoms with E-state index in [-0.39, 0.29) is 0 Å². The summed E-state index contributed by atoms with van der Waals surface area (Å²) in [6.07, 6.45) is 9.61. The van der Waals surface area contributed by atoms with Crippen molar-refractivity contribution in [1.82, 2.24) is 0 Å². The highest BCUT2D eigenvalue weighted by Gasteiger charge is 2.01. The molecule has 2 N–H and O–H groups in total. The van der Waals surface area contributed by atoms with E-state index in [1.165, 1.54) is 21.2 Å². The summed E-state index contributed by atoms with van der Waals surface area (Å²) in [7, 11) is 0. The van der Waals surface area contributed by atoms with Crippen LogP contribution in [0.3, 0.4) is 0 Å². The smallest absolute Gasteiger partial charge is 0.0391 e. The minimum atomic E-state index is 0.853. The number of allylic oxidation sites excluding steroid dienone is 1. The van der Waals surface area contributed by atoms with Gasteiger partial charge in [-0.3, -0.25) is 0 Å². The highest BCUT2D eigenvalue weighted by atomic mass is 14.5. The Hall–Kier alpha value is -2.28. The summed E-state index contributed by atoms with van der Waals surface area (Å²) in [6, 6.07) is 12.6. The highest BCUT2D eigenvalue weighted by molar-refractivity contribution is 5.64. The fourth-order valence-electron chi connectivity index (χ4n) is 2.64. The zero-order valence-corrected chi connectivity index (χ0v) is 11.1. The van der Waals surface area contributed by atoms with E-state index in [4.69, 9.17) is 5.73 Å². The van der Waals surface area contributed by atoms with Crippen LogP contribution in [-0.2, 0) is 0 Å². The van der Waals surface area contributed by atoms with Gasteiger partial charge in [0.05, 0.1) is 0 Å². The molecule has 1 aliphatic carbocycles. The molecule has 2 aromatic carbocycles. The van der Waals surface area contributed by atoms with Gasteiger partial charge in [0.1, 0.15) is 0 Å². The molecule has 0 fully saturated rings. The van der Waals surface area contributed by atoms with Gasteiger partial charge in [-0.1, -0.05) is 61.6 Å². The standard InChI is InChI=1S/C18H17N/c1-2-6-16-17(19)12-11-14-9-5-8-13-7-3-4-10-15(13)18(14)16/h3-12H,2,19H2,1H3. The van der Waals surface area contributed by atoms with E-state index in [1.807, 2.05) is 6.07 Å². The summed E-state index contributed by atoms with van der Waals surface area (Å²) in [5.41, 5.74) is 8.26. The summed E-state index contributed by atoms with van der Waals surface area (Å²) in [5.74, 6) is 0.